The van der Waals surface area contributed by atoms with E-state index in [1.54, 1.807) is 11.8 Å². The first-order chi connectivity index (χ1) is 18.4. The van der Waals surface area contributed by atoms with E-state index in [9.17, 15) is 4.79 Å². The number of carbonyl (C=O) groups is 1. The second-order valence-corrected chi connectivity index (χ2v) is 10.0. The van der Waals surface area contributed by atoms with Crippen molar-refractivity contribution in [1.82, 2.24) is 30.0 Å². The number of carboxylic acids is 1. The minimum absolute atomic E-state index is 0.0643. The largest absolute Gasteiger partial charge is 0.497 e. The lowest BCUT2D eigenvalue weighted by atomic mass is 9.92. The van der Waals surface area contributed by atoms with Gasteiger partial charge in [-0.25, -0.2) is 4.68 Å². The molecule has 0 unspecified atom stereocenters. The molecular formula is C29H38N6O3. The van der Waals surface area contributed by atoms with Gasteiger partial charge in [0.15, 0.2) is 5.82 Å². The Kier molecular flexibility index (Phi) is 9.25. The van der Waals surface area contributed by atoms with Crippen molar-refractivity contribution in [2.45, 2.75) is 57.8 Å². The molecule has 1 aromatic heterocycles. The topological polar surface area (TPSA) is 96.6 Å². The zero-order chi connectivity index (χ0) is 27.1. The molecular weight excluding hydrogens is 480 g/mol. The summed E-state index contributed by atoms with van der Waals surface area (Å²) < 4.78 is 7.31. The molecule has 0 aliphatic carbocycles. The molecule has 0 amide bonds. The third kappa shape index (κ3) is 6.46. The molecule has 9 heteroatoms. The van der Waals surface area contributed by atoms with Gasteiger partial charge in [-0.1, -0.05) is 42.5 Å². The monoisotopic (exact) mass is 518 g/mol. The van der Waals surface area contributed by atoms with E-state index in [0.717, 1.165) is 30.9 Å². The minimum atomic E-state index is -0.783. The van der Waals surface area contributed by atoms with E-state index in [1.165, 1.54) is 11.1 Å². The summed E-state index contributed by atoms with van der Waals surface area (Å²) in [7, 11) is 1.70. The van der Waals surface area contributed by atoms with Crippen LogP contribution in [-0.2, 0) is 11.3 Å². The van der Waals surface area contributed by atoms with Crippen LogP contribution < -0.4 is 4.74 Å². The fourth-order valence-electron chi connectivity index (χ4n) is 5.31. The molecule has 1 saturated heterocycles. The highest BCUT2D eigenvalue weighted by Crippen LogP contribution is 2.35. The van der Waals surface area contributed by atoms with Gasteiger partial charge in [0, 0.05) is 50.2 Å². The van der Waals surface area contributed by atoms with Crippen molar-refractivity contribution in [3.63, 3.8) is 0 Å². The van der Waals surface area contributed by atoms with Gasteiger partial charge in [-0.15, -0.1) is 11.7 Å². The van der Waals surface area contributed by atoms with Crippen LogP contribution in [0.2, 0.25) is 0 Å². The van der Waals surface area contributed by atoms with Crippen LogP contribution in [0.25, 0.3) is 11.4 Å². The van der Waals surface area contributed by atoms with Gasteiger partial charge in [0.2, 0.25) is 0 Å². The van der Waals surface area contributed by atoms with Crippen LogP contribution in [0.3, 0.4) is 0 Å². The average Bonchev–Trinajstić information content (AvgIpc) is 3.38. The third-order valence-corrected chi connectivity index (χ3v) is 7.30. The van der Waals surface area contributed by atoms with Crippen molar-refractivity contribution in [2.24, 2.45) is 0 Å². The molecule has 2 aromatic carbocycles. The van der Waals surface area contributed by atoms with Gasteiger partial charge >= 0.3 is 5.97 Å². The number of unbranched alkanes of at least 4 members (excludes halogenated alkanes) is 1. The molecule has 3 atom stereocenters. The molecule has 3 aromatic rings. The Balaban J connectivity index is 1.61. The maximum atomic E-state index is 10.8. The fraction of sp³-hybridized carbons (Fsp3) is 0.448. The molecule has 1 aliphatic rings. The molecule has 1 aliphatic heterocycles. The van der Waals surface area contributed by atoms with Crippen LogP contribution in [0.1, 0.15) is 50.3 Å². The number of aromatic nitrogens is 4. The minimum Gasteiger partial charge on any atom is -0.497 e. The van der Waals surface area contributed by atoms with Gasteiger partial charge in [0.25, 0.3) is 0 Å². The number of carboxylic acid groups (broad SMARTS) is 1. The predicted octanol–water partition coefficient (Wildman–Crippen LogP) is 4.27. The Morgan fingerprint density at radius 1 is 1.13 bits per heavy atom. The number of rotatable bonds is 12. The van der Waals surface area contributed by atoms with Crippen molar-refractivity contribution in [3.05, 3.63) is 72.3 Å². The summed E-state index contributed by atoms with van der Waals surface area (Å²) in [5.41, 5.74) is 3.31. The van der Waals surface area contributed by atoms with E-state index in [0.29, 0.717) is 37.3 Å². The SMILES string of the molecule is C=CCN1C[C@H](C)N([C@H](c2ccc(-c3nnnn3CCCCC(=O)O)cc2)c2cccc(OC)c2)C[C@H]1C. The molecule has 4 rings (SSSR count). The van der Waals surface area contributed by atoms with Gasteiger partial charge in [-0.05, 0) is 60.4 Å². The molecule has 0 radical (unpaired) electrons. The highest BCUT2D eigenvalue weighted by Gasteiger charge is 2.34. The summed E-state index contributed by atoms with van der Waals surface area (Å²) in [6.45, 7) is 11.9. The Morgan fingerprint density at radius 3 is 2.63 bits per heavy atom. The molecule has 9 nitrogen and oxygen atoms in total. The zero-order valence-corrected chi connectivity index (χ0v) is 22.5. The van der Waals surface area contributed by atoms with Crippen molar-refractivity contribution >= 4 is 5.97 Å². The van der Waals surface area contributed by atoms with Crippen molar-refractivity contribution in [3.8, 4) is 17.1 Å². The quantitative estimate of drug-likeness (QED) is 0.280. The fourth-order valence-corrected chi connectivity index (χ4v) is 5.31. The third-order valence-electron chi connectivity index (χ3n) is 7.30. The van der Waals surface area contributed by atoms with Crippen LogP contribution in [0.15, 0.2) is 61.2 Å². The van der Waals surface area contributed by atoms with Crippen molar-refractivity contribution in [1.29, 1.82) is 0 Å². The molecule has 0 bridgehead atoms. The number of aliphatic carboxylic acids is 1. The van der Waals surface area contributed by atoms with E-state index in [-0.39, 0.29) is 12.5 Å². The molecule has 2 heterocycles. The van der Waals surface area contributed by atoms with E-state index in [4.69, 9.17) is 9.84 Å². The number of ether oxygens (including phenoxy) is 1. The standard InChI is InChI=1S/C29H38N6O3/c1-5-16-33-19-22(3)34(20-21(33)2)28(25-9-8-10-26(18-25)38-4)23-12-14-24(15-13-23)29-30-31-32-35(29)17-7-6-11-27(36)37/h5,8-10,12-15,18,21-22,28H,1,6-7,11,16-17,19-20H2,2-4H3,(H,36,37)/t21-,22+,28-/m1/s1. The lowest BCUT2D eigenvalue weighted by Gasteiger charge is -2.47. The molecule has 1 N–H and O–H groups in total. The van der Waals surface area contributed by atoms with E-state index >= 15 is 0 Å². The van der Waals surface area contributed by atoms with Crippen molar-refractivity contribution < 1.29 is 14.6 Å². The normalized spacial score (nSPS) is 19.2. The van der Waals surface area contributed by atoms with Crippen LogP contribution in [0.4, 0.5) is 0 Å². The molecule has 0 saturated carbocycles. The Bertz CT molecular complexity index is 1210. The molecule has 1 fully saturated rings. The number of hydrogen-bond acceptors (Lipinski definition) is 7. The highest BCUT2D eigenvalue weighted by molar-refractivity contribution is 5.66. The summed E-state index contributed by atoms with van der Waals surface area (Å²) >= 11 is 0. The summed E-state index contributed by atoms with van der Waals surface area (Å²) in [5.74, 6) is 0.746. The van der Waals surface area contributed by atoms with Gasteiger partial charge in [0.05, 0.1) is 13.2 Å². The number of aryl methyl sites for hydroxylation is 1. The maximum absolute atomic E-state index is 10.8. The average molecular weight is 519 g/mol. The Morgan fingerprint density at radius 2 is 1.92 bits per heavy atom. The number of nitrogens with zero attached hydrogens (tertiary/aromatic N) is 6. The first kappa shape index (κ1) is 27.5. The Labute approximate surface area is 224 Å². The smallest absolute Gasteiger partial charge is 0.303 e. The van der Waals surface area contributed by atoms with Crippen LogP contribution in [-0.4, -0.2) is 79.9 Å². The number of hydrogen-bond donors (Lipinski definition) is 1. The summed E-state index contributed by atoms with van der Waals surface area (Å²) in [6, 6.07) is 17.6. The maximum Gasteiger partial charge on any atom is 0.303 e. The van der Waals surface area contributed by atoms with Crippen molar-refractivity contribution in [2.75, 3.05) is 26.7 Å². The van der Waals surface area contributed by atoms with Crippen LogP contribution in [0.5, 0.6) is 5.75 Å². The molecule has 0 spiro atoms. The van der Waals surface area contributed by atoms with Gasteiger partial charge in [-0.3, -0.25) is 14.6 Å². The number of piperazine rings is 1. The number of methoxy groups -OCH3 is 1. The number of benzene rings is 2. The summed E-state index contributed by atoms with van der Waals surface area (Å²) in [5, 5.41) is 21.1. The highest BCUT2D eigenvalue weighted by atomic mass is 16.5. The van der Waals surface area contributed by atoms with E-state index in [1.807, 2.05) is 12.1 Å². The second kappa shape index (κ2) is 12.8. The van der Waals surface area contributed by atoms with Crippen LogP contribution in [0, 0.1) is 0 Å². The lowest BCUT2D eigenvalue weighted by Crippen LogP contribution is -2.57. The number of tetrazole rings is 1. The van der Waals surface area contributed by atoms with E-state index < -0.39 is 5.97 Å². The zero-order valence-electron chi connectivity index (χ0n) is 22.5. The predicted molar refractivity (Wildman–Crippen MR) is 147 cm³/mol. The lowest BCUT2D eigenvalue weighted by molar-refractivity contribution is -0.137. The first-order valence-electron chi connectivity index (χ1n) is 13.2. The van der Waals surface area contributed by atoms with Gasteiger partial charge in [-0.2, -0.15) is 0 Å². The Hall–Kier alpha value is -3.56. The van der Waals surface area contributed by atoms with Gasteiger partial charge < -0.3 is 9.84 Å². The van der Waals surface area contributed by atoms with Gasteiger partial charge in [0.1, 0.15) is 5.75 Å². The summed E-state index contributed by atoms with van der Waals surface area (Å²) in [4.78, 5) is 15.9. The van der Waals surface area contributed by atoms with Crippen LogP contribution >= 0.6 is 0 Å². The van der Waals surface area contributed by atoms with E-state index in [2.05, 4.69) is 88.2 Å². The molecule has 38 heavy (non-hydrogen) atoms. The summed E-state index contributed by atoms with van der Waals surface area (Å²) in [6.07, 6.45) is 3.42. The molecule has 202 valence electrons. The second-order valence-electron chi connectivity index (χ2n) is 10.0. The first-order valence-corrected chi connectivity index (χ1v) is 13.2.